The lowest BCUT2D eigenvalue weighted by Gasteiger charge is -2.22. The van der Waals surface area contributed by atoms with Crippen LogP contribution in [-0.2, 0) is 0 Å². The van der Waals surface area contributed by atoms with Crippen LogP contribution >= 0.6 is 0 Å². The SMILES string of the molecule is N#Cc1cc([N+](=O)[O-])cnc1N(CCO)CC(F)F. The summed E-state index contributed by atoms with van der Waals surface area (Å²) < 4.78 is 24.8. The van der Waals surface area contributed by atoms with E-state index in [0.29, 0.717) is 0 Å². The lowest BCUT2D eigenvalue weighted by atomic mass is 10.2. The number of pyridine rings is 1. The summed E-state index contributed by atoms with van der Waals surface area (Å²) >= 11 is 0. The maximum Gasteiger partial charge on any atom is 0.289 e. The molecule has 19 heavy (non-hydrogen) atoms. The fraction of sp³-hybridized carbons (Fsp3) is 0.400. The van der Waals surface area contributed by atoms with Gasteiger partial charge < -0.3 is 10.0 Å². The van der Waals surface area contributed by atoms with Crippen LogP contribution in [0.3, 0.4) is 0 Å². The van der Waals surface area contributed by atoms with Crippen molar-refractivity contribution in [3.63, 3.8) is 0 Å². The number of hydrogen-bond acceptors (Lipinski definition) is 6. The minimum absolute atomic E-state index is 0.109. The number of anilines is 1. The van der Waals surface area contributed by atoms with E-state index in [9.17, 15) is 18.9 Å². The number of alkyl halides is 2. The highest BCUT2D eigenvalue weighted by Gasteiger charge is 2.19. The van der Waals surface area contributed by atoms with Crippen molar-refractivity contribution in [2.45, 2.75) is 6.43 Å². The summed E-state index contributed by atoms with van der Waals surface area (Å²) in [5, 5.41) is 28.2. The molecule has 0 atom stereocenters. The van der Waals surface area contributed by atoms with Crippen LogP contribution in [0.5, 0.6) is 0 Å². The Morgan fingerprint density at radius 3 is 2.79 bits per heavy atom. The van der Waals surface area contributed by atoms with Gasteiger partial charge in [0.05, 0.1) is 18.1 Å². The fourth-order valence-corrected chi connectivity index (χ4v) is 1.45. The summed E-state index contributed by atoms with van der Waals surface area (Å²) in [4.78, 5) is 14.5. The summed E-state index contributed by atoms with van der Waals surface area (Å²) in [5.41, 5.74) is -0.593. The average Bonchev–Trinajstić information content (AvgIpc) is 2.36. The quantitative estimate of drug-likeness (QED) is 0.610. The second-order valence-corrected chi connectivity index (χ2v) is 3.49. The molecular weight excluding hydrogens is 262 g/mol. The molecule has 1 rings (SSSR count). The number of aliphatic hydroxyl groups excluding tert-OH is 1. The highest BCUT2D eigenvalue weighted by Crippen LogP contribution is 2.22. The molecule has 0 bridgehead atoms. The third-order valence-corrected chi connectivity index (χ3v) is 2.21. The van der Waals surface area contributed by atoms with E-state index in [1.54, 1.807) is 6.07 Å². The number of hydrogen-bond donors (Lipinski definition) is 1. The molecule has 1 N–H and O–H groups in total. The molecule has 0 aliphatic carbocycles. The Kier molecular flexibility index (Phi) is 5.08. The molecule has 0 radical (unpaired) electrons. The van der Waals surface area contributed by atoms with Crippen molar-refractivity contribution in [3.05, 3.63) is 27.9 Å². The van der Waals surface area contributed by atoms with Crippen LogP contribution in [0.1, 0.15) is 5.56 Å². The molecule has 0 aliphatic heterocycles. The van der Waals surface area contributed by atoms with Crippen LogP contribution in [0.25, 0.3) is 0 Å². The van der Waals surface area contributed by atoms with Gasteiger partial charge in [-0.15, -0.1) is 0 Å². The molecule has 0 saturated heterocycles. The number of aliphatic hydroxyl groups is 1. The third kappa shape index (κ3) is 3.82. The number of rotatable bonds is 6. The lowest BCUT2D eigenvalue weighted by Crippen LogP contribution is -2.33. The van der Waals surface area contributed by atoms with Gasteiger partial charge in [-0.3, -0.25) is 10.1 Å². The first-order valence-corrected chi connectivity index (χ1v) is 5.18. The second-order valence-electron chi connectivity index (χ2n) is 3.49. The summed E-state index contributed by atoms with van der Waals surface area (Å²) in [6.45, 7) is -1.28. The van der Waals surface area contributed by atoms with Gasteiger partial charge in [-0.05, 0) is 0 Å². The predicted molar refractivity (Wildman–Crippen MR) is 60.9 cm³/mol. The first-order chi connectivity index (χ1) is 8.99. The molecule has 1 aromatic heterocycles. The molecule has 102 valence electrons. The van der Waals surface area contributed by atoms with Crippen molar-refractivity contribution < 1.29 is 18.8 Å². The second kappa shape index (κ2) is 6.55. The van der Waals surface area contributed by atoms with Gasteiger partial charge >= 0.3 is 0 Å². The summed E-state index contributed by atoms with van der Waals surface area (Å²) in [6, 6.07) is 2.62. The van der Waals surface area contributed by atoms with E-state index in [0.717, 1.165) is 17.2 Å². The van der Waals surface area contributed by atoms with E-state index in [1.165, 1.54) is 0 Å². The molecule has 0 aliphatic rings. The molecule has 0 unspecified atom stereocenters. The first-order valence-electron chi connectivity index (χ1n) is 5.18. The molecule has 0 saturated carbocycles. The molecule has 1 aromatic rings. The zero-order valence-electron chi connectivity index (χ0n) is 9.66. The van der Waals surface area contributed by atoms with Gasteiger partial charge in [0.1, 0.15) is 23.6 Å². The summed E-state index contributed by atoms with van der Waals surface area (Å²) in [5.74, 6) is -0.109. The number of halogens is 2. The number of nitro groups is 1. The Morgan fingerprint density at radius 2 is 2.32 bits per heavy atom. The average molecular weight is 272 g/mol. The zero-order chi connectivity index (χ0) is 14.4. The molecule has 0 aromatic carbocycles. The van der Waals surface area contributed by atoms with E-state index >= 15 is 0 Å². The van der Waals surface area contributed by atoms with Crippen molar-refractivity contribution in [1.82, 2.24) is 4.98 Å². The predicted octanol–water partition coefficient (Wildman–Crippen LogP) is 0.925. The molecule has 0 spiro atoms. The number of aromatic nitrogens is 1. The Hall–Kier alpha value is -2.34. The highest BCUT2D eigenvalue weighted by molar-refractivity contribution is 5.57. The Balaban J connectivity index is 3.15. The summed E-state index contributed by atoms with van der Waals surface area (Å²) in [6.07, 6.45) is -1.80. The first kappa shape index (κ1) is 14.7. The van der Waals surface area contributed by atoms with Gasteiger partial charge in [0.15, 0.2) is 0 Å². The molecular formula is C10H10F2N4O3. The largest absolute Gasteiger partial charge is 0.395 e. The lowest BCUT2D eigenvalue weighted by molar-refractivity contribution is -0.385. The number of nitrogens with zero attached hydrogens (tertiary/aromatic N) is 4. The van der Waals surface area contributed by atoms with Gasteiger partial charge in [0, 0.05) is 12.6 Å². The van der Waals surface area contributed by atoms with Crippen LogP contribution in [0.2, 0.25) is 0 Å². The minimum atomic E-state index is -2.69. The van der Waals surface area contributed by atoms with E-state index in [2.05, 4.69) is 4.98 Å². The maximum atomic E-state index is 12.4. The Labute approximate surface area is 106 Å². The minimum Gasteiger partial charge on any atom is -0.395 e. The molecule has 9 heteroatoms. The fourth-order valence-electron chi connectivity index (χ4n) is 1.45. The van der Waals surface area contributed by atoms with Gasteiger partial charge in [-0.2, -0.15) is 5.26 Å². The van der Waals surface area contributed by atoms with E-state index < -0.39 is 30.2 Å². The smallest absolute Gasteiger partial charge is 0.289 e. The molecule has 1 heterocycles. The van der Waals surface area contributed by atoms with Crippen molar-refractivity contribution in [2.24, 2.45) is 0 Å². The van der Waals surface area contributed by atoms with Gasteiger partial charge in [0.25, 0.3) is 12.1 Å². The molecule has 7 nitrogen and oxygen atoms in total. The van der Waals surface area contributed by atoms with Crippen molar-refractivity contribution in [2.75, 3.05) is 24.6 Å². The van der Waals surface area contributed by atoms with Crippen molar-refractivity contribution in [3.8, 4) is 6.07 Å². The zero-order valence-corrected chi connectivity index (χ0v) is 9.66. The van der Waals surface area contributed by atoms with Crippen LogP contribution < -0.4 is 4.90 Å². The Morgan fingerprint density at radius 1 is 1.63 bits per heavy atom. The topological polar surface area (TPSA) is 103 Å². The monoisotopic (exact) mass is 272 g/mol. The van der Waals surface area contributed by atoms with Crippen LogP contribution in [0, 0.1) is 21.4 Å². The van der Waals surface area contributed by atoms with E-state index in [4.69, 9.17) is 10.4 Å². The van der Waals surface area contributed by atoms with Gasteiger partial charge in [-0.25, -0.2) is 13.8 Å². The van der Waals surface area contributed by atoms with Gasteiger partial charge in [0.2, 0.25) is 0 Å². The van der Waals surface area contributed by atoms with Crippen molar-refractivity contribution >= 4 is 11.5 Å². The number of nitriles is 1. The van der Waals surface area contributed by atoms with Crippen molar-refractivity contribution in [1.29, 1.82) is 5.26 Å². The highest BCUT2D eigenvalue weighted by atomic mass is 19.3. The van der Waals surface area contributed by atoms with Gasteiger partial charge in [-0.1, -0.05) is 0 Å². The van der Waals surface area contributed by atoms with Crippen LogP contribution in [0.4, 0.5) is 20.3 Å². The van der Waals surface area contributed by atoms with Crippen LogP contribution in [-0.4, -0.2) is 41.1 Å². The maximum absolute atomic E-state index is 12.4. The summed E-state index contributed by atoms with van der Waals surface area (Å²) in [7, 11) is 0. The standard InChI is InChI=1S/C10H10F2N4O3/c11-9(12)6-15(1-2-17)10-7(4-13)3-8(5-14-10)16(18)19/h3,5,9,17H,1-2,6H2. The molecule has 0 fully saturated rings. The van der Waals surface area contributed by atoms with E-state index in [1.807, 2.05) is 0 Å². The normalized spacial score (nSPS) is 10.3. The Bertz CT molecular complexity index is 504. The van der Waals surface area contributed by atoms with Crippen LogP contribution in [0.15, 0.2) is 12.3 Å². The third-order valence-electron chi connectivity index (χ3n) is 2.21. The van der Waals surface area contributed by atoms with E-state index in [-0.39, 0.29) is 17.9 Å². The molecule has 0 amide bonds.